The lowest BCUT2D eigenvalue weighted by Crippen LogP contribution is -2.20. The first-order chi connectivity index (χ1) is 10.5. The van der Waals surface area contributed by atoms with Crippen LogP contribution in [0.1, 0.15) is 77.6 Å². The number of aromatic hydroxyl groups is 1. The molecule has 0 aromatic heterocycles. The molecule has 0 spiro atoms. The molecule has 0 amide bonds. The summed E-state index contributed by atoms with van der Waals surface area (Å²) in [6.45, 7) is 18.3. The van der Waals surface area contributed by atoms with Gasteiger partial charge in [-0.2, -0.15) is 0 Å². The van der Waals surface area contributed by atoms with Crippen LogP contribution in [0.4, 0.5) is 0 Å². The van der Waals surface area contributed by atoms with Gasteiger partial charge in [0.1, 0.15) is 5.75 Å². The van der Waals surface area contributed by atoms with E-state index in [1.807, 2.05) is 0 Å². The fourth-order valence-electron chi connectivity index (χ4n) is 2.87. The van der Waals surface area contributed by atoms with Gasteiger partial charge < -0.3 is 14.9 Å². The van der Waals surface area contributed by atoms with Gasteiger partial charge in [-0.3, -0.25) is 4.57 Å². The van der Waals surface area contributed by atoms with Crippen molar-refractivity contribution >= 4 is 7.60 Å². The zero-order chi connectivity index (χ0) is 19.5. The van der Waals surface area contributed by atoms with Crippen molar-refractivity contribution in [3.8, 4) is 5.75 Å². The molecule has 0 bridgehead atoms. The lowest BCUT2D eigenvalue weighted by molar-refractivity contribution is 0.381. The Morgan fingerprint density at radius 2 is 1.38 bits per heavy atom. The van der Waals surface area contributed by atoms with Crippen LogP contribution in [-0.4, -0.2) is 21.6 Å². The fourth-order valence-corrected chi connectivity index (χ4v) is 2.87. The summed E-state index contributed by atoms with van der Waals surface area (Å²) in [4.78, 5) is 15.3. The van der Waals surface area contributed by atoms with Crippen molar-refractivity contribution < 1.29 is 19.5 Å². The number of phenolic OH excluding ortho intramolecular Hbond substituents is 1. The predicted molar refractivity (Wildman–Crippen MR) is 102 cm³/mol. The van der Waals surface area contributed by atoms with Crippen LogP contribution in [0.5, 0.6) is 5.75 Å². The molecular weight excluding hydrogens is 323 g/mol. The monoisotopic (exact) mass is 358 g/mol. The molecule has 140 valence electrons. The van der Waals surface area contributed by atoms with Gasteiger partial charge in [-0.05, 0) is 40.4 Å². The van der Waals surface area contributed by atoms with Crippen LogP contribution in [0.2, 0.25) is 0 Å². The zero-order valence-electron chi connectivity index (χ0n) is 16.7. The molecular formula is C19H35O4P. The number of rotatable bonds is 2. The summed E-state index contributed by atoms with van der Waals surface area (Å²) in [5.41, 5.74) is 4.88. The molecule has 1 aromatic rings. The molecule has 1 aromatic carbocycles. The van der Waals surface area contributed by atoms with E-state index in [1.54, 1.807) is 0 Å². The van der Waals surface area contributed by atoms with Gasteiger partial charge in [-0.1, -0.05) is 61.5 Å². The van der Waals surface area contributed by atoms with Crippen LogP contribution < -0.4 is 0 Å². The van der Waals surface area contributed by atoms with Crippen molar-refractivity contribution in [1.29, 1.82) is 0 Å². The van der Waals surface area contributed by atoms with E-state index in [0.717, 1.165) is 30.6 Å². The second-order valence-corrected chi connectivity index (χ2v) is 10.00. The smallest absolute Gasteiger partial charge is 0.322 e. The normalized spacial score (nSPS) is 12.6. The Balaban J connectivity index is 0.000000922. The first kappa shape index (κ1) is 23.2. The molecule has 0 saturated carbocycles. The van der Waals surface area contributed by atoms with Crippen LogP contribution >= 0.6 is 7.60 Å². The Labute approximate surface area is 147 Å². The molecule has 1 rings (SSSR count). The van der Waals surface area contributed by atoms with Crippen molar-refractivity contribution in [3.05, 3.63) is 28.3 Å². The highest BCUT2D eigenvalue weighted by Gasteiger charge is 2.29. The number of benzene rings is 1. The highest BCUT2D eigenvalue weighted by atomic mass is 31.2. The predicted octanol–water partition coefficient (Wildman–Crippen LogP) is 4.91. The Morgan fingerprint density at radius 3 is 1.62 bits per heavy atom. The Kier molecular flexibility index (Phi) is 7.75. The standard InChI is InChI=1S/C18H30O.CH5O3P/c1-9-12-11-14(17(3,4)5)16(19)15(13(12)10-2)18(6,7)8;1-5(2,3)4/h11,19H,9-10H2,1-8H3;1H3,(H2,2,3,4). The lowest BCUT2D eigenvalue weighted by Gasteiger charge is -2.31. The molecule has 0 atom stereocenters. The highest BCUT2D eigenvalue weighted by molar-refractivity contribution is 7.50. The van der Waals surface area contributed by atoms with Crippen LogP contribution in [-0.2, 0) is 28.2 Å². The average Bonchev–Trinajstić information content (AvgIpc) is 2.32. The molecule has 0 aliphatic rings. The minimum Gasteiger partial charge on any atom is -0.507 e. The third-order valence-corrected chi connectivity index (χ3v) is 3.79. The van der Waals surface area contributed by atoms with Gasteiger partial charge in [0.25, 0.3) is 0 Å². The second-order valence-electron chi connectivity index (χ2n) is 8.33. The third-order valence-electron chi connectivity index (χ3n) is 3.79. The van der Waals surface area contributed by atoms with E-state index in [4.69, 9.17) is 9.79 Å². The SMILES string of the molecule is CCc1cc(C(C)(C)C)c(O)c(C(C)(C)C)c1CC.CP(=O)(O)O. The van der Waals surface area contributed by atoms with Crippen LogP contribution in [0.15, 0.2) is 6.07 Å². The molecule has 0 aliphatic carbocycles. The number of aryl methyl sites for hydroxylation is 1. The molecule has 0 radical (unpaired) electrons. The van der Waals surface area contributed by atoms with E-state index >= 15 is 0 Å². The van der Waals surface area contributed by atoms with Crippen molar-refractivity contribution in [1.82, 2.24) is 0 Å². The van der Waals surface area contributed by atoms with E-state index in [0.29, 0.717) is 5.75 Å². The van der Waals surface area contributed by atoms with Gasteiger partial charge in [0.05, 0.1) is 0 Å². The molecule has 0 heterocycles. The maximum absolute atomic E-state index is 10.8. The van der Waals surface area contributed by atoms with Crippen molar-refractivity contribution in [2.24, 2.45) is 0 Å². The molecule has 3 N–H and O–H groups in total. The topological polar surface area (TPSA) is 77.8 Å². The Morgan fingerprint density at radius 1 is 0.958 bits per heavy atom. The number of hydrogen-bond acceptors (Lipinski definition) is 2. The molecule has 0 saturated heterocycles. The average molecular weight is 358 g/mol. The number of phenols is 1. The summed E-state index contributed by atoms with van der Waals surface area (Å²) < 4.78 is 9.33. The molecule has 0 fully saturated rings. The van der Waals surface area contributed by atoms with Gasteiger partial charge in [0.2, 0.25) is 0 Å². The molecule has 24 heavy (non-hydrogen) atoms. The van der Waals surface area contributed by atoms with Gasteiger partial charge in [-0.15, -0.1) is 0 Å². The quantitative estimate of drug-likeness (QED) is 0.657. The number of hydrogen-bond donors (Lipinski definition) is 3. The summed E-state index contributed by atoms with van der Waals surface area (Å²) in [5.74, 6) is 0.508. The van der Waals surface area contributed by atoms with Crippen molar-refractivity contribution in [2.45, 2.75) is 79.1 Å². The largest absolute Gasteiger partial charge is 0.507 e. The molecule has 0 aliphatic heterocycles. The minimum atomic E-state index is -3.64. The van der Waals surface area contributed by atoms with Crippen LogP contribution in [0.25, 0.3) is 0 Å². The summed E-state index contributed by atoms with van der Waals surface area (Å²) in [5, 5.41) is 10.8. The molecule has 4 nitrogen and oxygen atoms in total. The lowest BCUT2D eigenvalue weighted by atomic mass is 9.75. The van der Waals surface area contributed by atoms with E-state index in [9.17, 15) is 9.67 Å². The summed E-state index contributed by atoms with van der Waals surface area (Å²) in [6, 6.07) is 2.21. The molecule has 0 unspecified atom stereocenters. The van der Waals surface area contributed by atoms with Gasteiger partial charge in [0, 0.05) is 12.2 Å². The third kappa shape index (κ3) is 6.96. The zero-order valence-corrected chi connectivity index (χ0v) is 17.6. The fraction of sp³-hybridized carbons (Fsp3) is 0.684. The maximum atomic E-state index is 10.8. The van der Waals surface area contributed by atoms with E-state index < -0.39 is 7.60 Å². The van der Waals surface area contributed by atoms with Crippen molar-refractivity contribution in [2.75, 3.05) is 6.66 Å². The summed E-state index contributed by atoms with van der Waals surface area (Å²) >= 11 is 0. The Bertz CT molecular complexity index is 593. The van der Waals surface area contributed by atoms with E-state index in [1.165, 1.54) is 11.1 Å². The van der Waals surface area contributed by atoms with Gasteiger partial charge in [-0.25, -0.2) is 0 Å². The van der Waals surface area contributed by atoms with E-state index in [-0.39, 0.29) is 10.8 Å². The first-order valence-electron chi connectivity index (χ1n) is 8.45. The molecule has 5 heteroatoms. The van der Waals surface area contributed by atoms with Crippen molar-refractivity contribution in [3.63, 3.8) is 0 Å². The van der Waals surface area contributed by atoms with Gasteiger partial charge >= 0.3 is 7.60 Å². The highest BCUT2D eigenvalue weighted by Crippen LogP contribution is 2.42. The van der Waals surface area contributed by atoms with Crippen LogP contribution in [0, 0.1) is 0 Å². The summed E-state index contributed by atoms with van der Waals surface area (Å²) in [7, 11) is -3.64. The van der Waals surface area contributed by atoms with E-state index in [2.05, 4.69) is 61.5 Å². The first-order valence-corrected chi connectivity index (χ1v) is 10.5. The summed E-state index contributed by atoms with van der Waals surface area (Å²) in [6.07, 6.45) is 2.00. The second kappa shape index (κ2) is 8.03. The Hall–Kier alpha value is -0.830. The van der Waals surface area contributed by atoms with Crippen LogP contribution in [0.3, 0.4) is 0 Å². The maximum Gasteiger partial charge on any atom is 0.322 e. The minimum absolute atomic E-state index is 0.0272. The van der Waals surface area contributed by atoms with Gasteiger partial charge in [0.15, 0.2) is 0 Å².